The Bertz CT molecular complexity index is 682. The van der Waals surface area contributed by atoms with Crippen molar-refractivity contribution in [2.24, 2.45) is 0 Å². The van der Waals surface area contributed by atoms with E-state index in [1.165, 1.54) is 26.5 Å². The minimum Gasteiger partial charge on any atom is -0.249 e. The molecule has 0 spiro atoms. The second-order valence-corrected chi connectivity index (χ2v) is 7.00. The van der Waals surface area contributed by atoms with Gasteiger partial charge in [0.05, 0.1) is 9.77 Å². The molecule has 0 aromatic carbocycles. The van der Waals surface area contributed by atoms with Gasteiger partial charge in [-0.05, 0) is 22.6 Å². The molecule has 92 valence electrons. The third-order valence-electron chi connectivity index (χ3n) is 2.10. The number of fused-ring (bicyclic) bond motifs is 1. The van der Waals surface area contributed by atoms with Gasteiger partial charge in [0.1, 0.15) is 10.7 Å². The molecule has 2 heterocycles. The summed E-state index contributed by atoms with van der Waals surface area (Å²) in [6.07, 6.45) is 2.86. The van der Waals surface area contributed by atoms with Crippen LogP contribution in [0.3, 0.4) is 0 Å². The topological polar surface area (TPSA) is 68.1 Å². The van der Waals surface area contributed by atoms with Gasteiger partial charge < -0.3 is 0 Å². The highest BCUT2D eigenvalue weighted by molar-refractivity contribution is 14.1. The zero-order valence-electron chi connectivity index (χ0n) is 8.92. The van der Waals surface area contributed by atoms with Gasteiger partial charge in [-0.2, -0.15) is 12.7 Å². The van der Waals surface area contributed by atoms with E-state index in [9.17, 15) is 8.42 Å². The molecule has 0 aliphatic heterocycles. The maximum atomic E-state index is 12.0. The van der Waals surface area contributed by atoms with Crippen LogP contribution in [0.4, 0.5) is 0 Å². The van der Waals surface area contributed by atoms with E-state index in [2.05, 4.69) is 9.97 Å². The second-order valence-electron chi connectivity index (χ2n) is 3.43. The largest absolute Gasteiger partial charge is 0.308 e. The molecule has 2 aromatic rings. The number of hydrogen-bond donors (Lipinski definition) is 0. The molecular weight excluding hydrogens is 379 g/mol. The zero-order valence-corrected chi connectivity index (χ0v) is 12.7. The van der Waals surface area contributed by atoms with E-state index in [0.29, 0.717) is 9.09 Å². The summed E-state index contributed by atoms with van der Waals surface area (Å²) in [4.78, 5) is 8.07. The van der Waals surface area contributed by atoms with Crippen LogP contribution < -0.4 is 0 Å². The molecule has 2 aromatic heterocycles. The van der Waals surface area contributed by atoms with Crippen molar-refractivity contribution in [2.45, 2.75) is 0 Å². The Balaban J connectivity index is 2.84. The normalized spacial score (nSPS) is 12.5. The Morgan fingerprint density at radius 1 is 1.47 bits per heavy atom. The monoisotopic (exact) mass is 386 g/mol. The van der Waals surface area contributed by atoms with Gasteiger partial charge in [-0.25, -0.2) is 13.9 Å². The smallest absolute Gasteiger partial charge is 0.249 e. The van der Waals surface area contributed by atoms with Crippen LogP contribution in [0.25, 0.3) is 11.2 Å². The van der Waals surface area contributed by atoms with Crippen LogP contribution in [-0.2, 0) is 10.2 Å². The third-order valence-corrected chi connectivity index (χ3v) is 4.77. The molecule has 0 aliphatic rings. The van der Waals surface area contributed by atoms with Crippen LogP contribution in [0.2, 0.25) is 5.15 Å². The van der Waals surface area contributed by atoms with Crippen molar-refractivity contribution in [1.29, 1.82) is 0 Å². The fourth-order valence-corrected chi connectivity index (χ4v) is 3.17. The van der Waals surface area contributed by atoms with Crippen molar-refractivity contribution in [3.63, 3.8) is 0 Å². The molecule has 0 atom stereocenters. The van der Waals surface area contributed by atoms with Gasteiger partial charge in [-0.1, -0.05) is 11.6 Å². The number of halogens is 2. The predicted molar refractivity (Wildman–Crippen MR) is 73.3 cm³/mol. The van der Waals surface area contributed by atoms with Crippen LogP contribution in [0, 0.1) is 3.57 Å². The molecule has 0 saturated heterocycles. The molecule has 6 nitrogen and oxygen atoms in total. The Morgan fingerprint density at radius 2 is 2.12 bits per heavy atom. The first-order valence-electron chi connectivity index (χ1n) is 4.46. The Hall–Kier alpha value is -0.450. The van der Waals surface area contributed by atoms with Gasteiger partial charge >= 0.3 is 10.2 Å². The lowest BCUT2D eigenvalue weighted by molar-refractivity contribution is 0.512. The van der Waals surface area contributed by atoms with E-state index in [1.807, 2.05) is 22.6 Å². The molecule has 2 rings (SSSR count). The van der Waals surface area contributed by atoms with Gasteiger partial charge in [-0.15, -0.1) is 0 Å². The molecule has 0 radical (unpaired) electrons. The lowest BCUT2D eigenvalue weighted by Crippen LogP contribution is -2.28. The number of aromatic nitrogens is 3. The number of hydrogen-bond acceptors (Lipinski definition) is 4. The molecule has 0 amide bonds. The predicted octanol–water partition coefficient (Wildman–Crippen LogP) is 1.34. The number of rotatable bonds is 2. The maximum absolute atomic E-state index is 12.0. The second kappa shape index (κ2) is 4.34. The van der Waals surface area contributed by atoms with Crippen LogP contribution in [0.1, 0.15) is 0 Å². The summed E-state index contributed by atoms with van der Waals surface area (Å²) in [5.41, 5.74) is 0.746. The van der Waals surface area contributed by atoms with Gasteiger partial charge in [0.15, 0.2) is 5.65 Å². The van der Waals surface area contributed by atoms with Crippen molar-refractivity contribution >= 4 is 55.6 Å². The highest BCUT2D eigenvalue weighted by Crippen LogP contribution is 2.22. The first-order chi connectivity index (χ1) is 7.84. The van der Waals surface area contributed by atoms with Gasteiger partial charge in [-0.3, -0.25) is 0 Å². The van der Waals surface area contributed by atoms with E-state index in [0.717, 1.165) is 8.28 Å². The van der Waals surface area contributed by atoms with Crippen LogP contribution in [-0.4, -0.2) is 40.8 Å². The summed E-state index contributed by atoms with van der Waals surface area (Å²) >= 11 is 7.74. The number of nitrogens with zero attached hydrogens (tertiary/aromatic N) is 4. The molecule has 0 aliphatic carbocycles. The fraction of sp³-hybridized carbons (Fsp3) is 0.250. The van der Waals surface area contributed by atoms with E-state index in [1.54, 1.807) is 0 Å². The minimum absolute atomic E-state index is 0.155. The lowest BCUT2D eigenvalue weighted by Gasteiger charge is -2.12. The summed E-state index contributed by atoms with van der Waals surface area (Å²) < 4.78 is 27.0. The Morgan fingerprint density at radius 3 is 2.71 bits per heavy atom. The first-order valence-corrected chi connectivity index (χ1v) is 7.31. The standard InChI is InChI=1S/C8H8ClIN4O2S/c1-13(2)17(15,16)14-4-5(10)7-8(14)12-6(9)3-11-7/h3-4H,1-2H3. The molecule has 0 bridgehead atoms. The van der Waals surface area contributed by atoms with E-state index >= 15 is 0 Å². The molecular formula is C8H8ClIN4O2S. The molecule has 0 saturated carbocycles. The minimum atomic E-state index is -3.62. The quantitative estimate of drug-likeness (QED) is 0.731. The summed E-state index contributed by atoms with van der Waals surface area (Å²) in [6, 6.07) is 0. The maximum Gasteiger partial charge on any atom is 0.308 e. The van der Waals surface area contributed by atoms with Crippen LogP contribution in [0.15, 0.2) is 12.4 Å². The molecule has 0 fully saturated rings. The third kappa shape index (κ3) is 2.14. The highest BCUT2D eigenvalue weighted by Gasteiger charge is 2.22. The van der Waals surface area contributed by atoms with Crippen molar-refractivity contribution in [1.82, 2.24) is 18.2 Å². The average Bonchev–Trinajstić information content (AvgIpc) is 2.56. The molecule has 0 N–H and O–H groups in total. The molecule has 9 heteroatoms. The Kier molecular flexibility index (Phi) is 3.31. The first kappa shape index (κ1) is 13.0. The van der Waals surface area contributed by atoms with E-state index in [-0.39, 0.29) is 10.8 Å². The van der Waals surface area contributed by atoms with Gasteiger partial charge in [0.2, 0.25) is 0 Å². The summed E-state index contributed by atoms with van der Waals surface area (Å²) in [5, 5.41) is 0.155. The Labute approximate surface area is 117 Å². The van der Waals surface area contributed by atoms with E-state index in [4.69, 9.17) is 11.6 Å². The summed E-state index contributed by atoms with van der Waals surface area (Å²) in [7, 11) is -0.715. The average molecular weight is 387 g/mol. The van der Waals surface area contributed by atoms with Crippen LogP contribution >= 0.6 is 34.2 Å². The highest BCUT2D eigenvalue weighted by atomic mass is 127. The van der Waals surface area contributed by atoms with Crippen LogP contribution in [0.5, 0.6) is 0 Å². The van der Waals surface area contributed by atoms with Crippen molar-refractivity contribution in [3.8, 4) is 0 Å². The van der Waals surface area contributed by atoms with Gasteiger partial charge in [0.25, 0.3) is 0 Å². The van der Waals surface area contributed by atoms with Gasteiger partial charge in [0, 0.05) is 20.3 Å². The summed E-state index contributed by atoms with van der Waals surface area (Å²) in [5.74, 6) is 0. The molecule has 17 heavy (non-hydrogen) atoms. The summed E-state index contributed by atoms with van der Waals surface area (Å²) in [6.45, 7) is 0. The van der Waals surface area contributed by atoms with Crippen molar-refractivity contribution in [2.75, 3.05) is 14.1 Å². The lowest BCUT2D eigenvalue weighted by atomic mass is 10.5. The van der Waals surface area contributed by atoms with Crippen molar-refractivity contribution < 1.29 is 8.42 Å². The SMILES string of the molecule is CN(C)S(=O)(=O)n1cc(I)c2ncc(Cl)nc21. The zero-order chi connectivity index (χ0) is 12.8. The fourth-order valence-electron chi connectivity index (χ4n) is 1.26. The van der Waals surface area contributed by atoms with Crippen molar-refractivity contribution in [3.05, 3.63) is 21.1 Å². The molecule has 0 unspecified atom stereocenters. The van der Waals surface area contributed by atoms with E-state index < -0.39 is 10.2 Å².